The van der Waals surface area contributed by atoms with Crippen molar-refractivity contribution in [2.24, 2.45) is 0 Å². The molecule has 4 heterocycles. The Morgan fingerprint density at radius 2 is 1.94 bits per heavy atom. The quantitative estimate of drug-likeness (QED) is 0.388. The van der Waals surface area contributed by atoms with Crippen LogP contribution in [0.5, 0.6) is 11.5 Å². The maximum absolute atomic E-state index is 6.11. The molecule has 1 aliphatic heterocycles. The minimum atomic E-state index is 0.704. The molecule has 6 rings (SSSR count). The van der Waals surface area contributed by atoms with E-state index in [1.165, 1.54) is 5.56 Å². The van der Waals surface area contributed by atoms with Gasteiger partial charge in [-0.15, -0.1) is 0 Å². The fraction of sp³-hybridized carbons (Fsp3) is 0.269. The van der Waals surface area contributed by atoms with Crippen molar-refractivity contribution in [2.45, 2.75) is 33.6 Å². The van der Waals surface area contributed by atoms with Gasteiger partial charge in [-0.2, -0.15) is 0 Å². The van der Waals surface area contributed by atoms with E-state index in [-0.39, 0.29) is 0 Å². The number of methoxy groups -OCH3 is 1. The largest absolute Gasteiger partial charge is 0.496 e. The van der Waals surface area contributed by atoms with E-state index in [1.54, 1.807) is 7.11 Å². The molecule has 1 N–H and O–H groups in total. The third-order valence-corrected chi connectivity index (χ3v) is 6.37. The average Bonchev–Trinajstić information content (AvgIpc) is 3.35. The number of nitrogens with zero attached hydrogens (tertiary/aromatic N) is 3. The van der Waals surface area contributed by atoms with Crippen molar-refractivity contribution in [2.75, 3.05) is 13.7 Å². The van der Waals surface area contributed by atoms with E-state index in [4.69, 9.17) is 24.0 Å². The summed E-state index contributed by atoms with van der Waals surface area (Å²) in [6.07, 6.45) is 2.04. The van der Waals surface area contributed by atoms with Gasteiger partial charge in [0.15, 0.2) is 0 Å². The molecule has 7 heteroatoms. The Morgan fingerprint density at radius 3 is 2.73 bits per heavy atom. The third-order valence-electron chi connectivity index (χ3n) is 6.37. The fourth-order valence-electron chi connectivity index (χ4n) is 4.94. The Bertz CT molecular complexity index is 1530. The molecule has 0 aliphatic carbocycles. The smallest absolute Gasteiger partial charge is 0.142 e. The molecule has 7 nitrogen and oxygen atoms in total. The SMILES string of the molecule is COc1cc2c(cc1-c1c(C)noc1C)[nH]c1nc(C)nc(-c3cccc4c3OCCC4)c12. The zero-order valence-corrected chi connectivity index (χ0v) is 19.1. The predicted octanol–water partition coefficient (Wildman–Crippen LogP) is 5.69. The second kappa shape index (κ2) is 7.33. The van der Waals surface area contributed by atoms with E-state index < -0.39 is 0 Å². The van der Waals surface area contributed by atoms with Crippen molar-refractivity contribution >= 4 is 21.9 Å². The van der Waals surface area contributed by atoms with Gasteiger partial charge in [0.25, 0.3) is 0 Å². The van der Waals surface area contributed by atoms with Crippen LogP contribution in [0, 0.1) is 20.8 Å². The monoisotopic (exact) mass is 440 g/mol. The molecular weight excluding hydrogens is 416 g/mol. The first kappa shape index (κ1) is 19.8. The summed E-state index contributed by atoms with van der Waals surface area (Å²) in [6, 6.07) is 10.4. The molecular formula is C26H24N4O3. The summed E-state index contributed by atoms with van der Waals surface area (Å²) < 4.78 is 17.3. The van der Waals surface area contributed by atoms with Crippen LogP contribution in [0.25, 0.3) is 44.3 Å². The number of aryl methyl sites for hydroxylation is 4. The summed E-state index contributed by atoms with van der Waals surface area (Å²) in [6.45, 7) is 6.49. The number of hydrogen-bond acceptors (Lipinski definition) is 6. The summed E-state index contributed by atoms with van der Waals surface area (Å²) >= 11 is 0. The van der Waals surface area contributed by atoms with Crippen molar-refractivity contribution in [1.29, 1.82) is 0 Å². The molecule has 0 unspecified atom stereocenters. The van der Waals surface area contributed by atoms with Gasteiger partial charge in [0.05, 0.1) is 36.1 Å². The summed E-state index contributed by atoms with van der Waals surface area (Å²) in [5.41, 5.74) is 7.53. The van der Waals surface area contributed by atoms with Gasteiger partial charge in [0.1, 0.15) is 28.7 Å². The number of hydrogen-bond donors (Lipinski definition) is 1. The lowest BCUT2D eigenvalue weighted by molar-refractivity contribution is 0.289. The number of nitrogens with one attached hydrogen (secondary N) is 1. The summed E-state index contributed by atoms with van der Waals surface area (Å²) in [5.74, 6) is 3.13. The normalized spacial score (nSPS) is 13.3. The highest BCUT2D eigenvalue weighted by atomic mass is 16.5. The van der Waals surface area contributed by atoms with Gasteiger partial charge in [-0.3, -0.25) is 0 Å². The lowest BCUT2D eigenvalue weighted by atomic mass is 9.97. The highest BCUT2D eigenvalue weighted by Crippen LogP contribution is 2.43. The molecule has 0 fully saturated rings. The van der Waals surface area contributed by atoms with E-state index in [2.05, 4.69) is 34.4 Å². The van der Waals surface area contributed by atoms with Crippen LogP contribution in [0.15, 0.2) is 34.9 Å². The molecule has 0 atom stereocenters. The van der Waals surface area contributed by atoms with Gasteiger partial charge in [-0.05, 0) is 57.4 Å². The van der Waals surface area contributed by atoms with Crippen molar-refractivity contribution in [3.05, 3.63) is 53.2 Å². The van der Waals surface area contributed by atoms with Crippen molar-refractivity contribution < 1.29 is 14.0 Å². The Kier molecular flexibility index (Phi) is 4.40. The number of aromatic amines is 1. The Hall–Kier alpha value is -3.87. The van der Waals surface area contributed by atoms with Crippen LogP contribution in [0.2, 0.25) is 0 Å². The molecule has 166 valence electrons. The number of aromatic nitrogens is 4. The minimum absolute atomic E-state index is 0.704. The molecule has 33 heavy (non-hydrogen) atoms. The van der Waals surface area contributed by atoms with E-state index in [0.717, 1.165) is 86.7 Å². The average molecular weight is 441 g/mol. The van der Waals surface area contributed by atoms with Crippen LogP contribution in [0.4, 0.5) is 0 Å². The molecule has 0 radical (unpaired) electrons. The molecule has 0 spiro atoms. The Labute approximate surface area is 190 Å². The number of fused-ring (bicyclic) bond motifs is 4. The lowest BCUT2D eigenvalue weighted by Gasteiger charge is -2.20. The number of para-hydroxylation sites is 1. The second-order valence-electron chi connectivity index (χ2n) is 8.51. The lowest BCUT2D eigenvalue weighted by Crippen LogP contribution is -2.09. The standard InChI is InChI=1S/C26H24N4O3/c1-13-22(14(2)33-30-13)19-11-20-18(12-21(19)31-4)23-24(27-15(3)28-26(23)29-20)17-9-5-7-16-8-6-10-32-25(16)17/h5,7,9,11-12H,6,8,10H2,1-4H3,(H,27,28,29). The van der Waals surface area contributed by atoms with Gasteiger partial charge >= 0.3 is 0 Å². The van der Waals surface area contributed by atoms with Crippen molar-refractivity contribution in [3.8, 4) is 33.9 Å². The Balaban J connectivity index is 1.67. The first-order valence-corrected chi connectivity index (χ1v) is 11.1. The van der Waals surface area contributed by atoms with Crippen LogP contribution in [-0.2, 0) is 6.42 Å². The third kappa shape index (κ3) is 2.99. The molecule has 0 saturated carbocycles. The zero-order valence-electron chi connectivity index (χ0n) is 19.1. The van der Waals surface area contributed by atoms with Gasteiger partial charge in [-0.1, -0.05) is 17.3 Å². The topological polar surface area (TPSA) is 86.1 Å². The molecule has 5 aromatic rings. The molecule has 0 bridgehead atoms. The Morgan fingerprint density at radius 1 is 1.06 bits per heavy atom. The summed E-state index contributed by atoms with van der Waals surface area (Å²) in [4.78, 5) is 13.1. The molecule has 0 amide bonds. The van der Waals surface area contributed by atoms with Gasteiger partial charge in [0, 0.05) is 22.0 Å². The highest BCUT2D eigenvalue weighted by molar-refractivity contribution is 6.14. The molecule has 2 aromatic carbocycles. The maximum atomic E-state index is 6.11. The van der Waals surface area contributed by atoms with Gasteiger partial charge in [-0.25, -0.2) is 9.97 Å². The number of benzene rings is 2. The van der Waals surface area contributed by atoms with Crippen molar-refractivity contribution in [1.82, 2.24) is 20.1 Å². The molecule has 0 saturated heterocycles. The number of rotatable bonds is 3. The van der Waals surface area contributed by atoms with Gasteiger partial charge in [0.2, 0.25) is 0 Å². The van der Waals surface area contributed by atoms with E-state index in [0.29, 0.717) is 5.82 Å². The zero-order chi connectivity index (χ0) is 22.7. The van der Waals surface area contributed by atoms with Gasteiger partial charge < -0.3 is 19.0 Å². The number of H-pyrrole nitrogens is 1. The first-order chi connectivity index (χ1) is 16.0. The van der Waals surface area contributed by atoms with Crippen LogP contribution in [0.1, 0.15) is 29.3 Å². The number of ether oxygens (including phenoxy) is 2. The highest BCUT2D eigenvalue weighted by Gasteiger charge is 2.23. The minimum Gasteiger partial charge on any atom is -0.496 e. The van der Waals surface area contributed by atoms with E-state index >= 15 is 0 Å². The molecule has 1 aliphatic rings. The van der Waals surface area contributed by atoms with Crippen LogP contribution < -0.4 is 9.47 Å². The second-order valence-corrected chi connectivity index (χ2v) is 8.51. The fourth-order valence-corrected chi connectivity index (χ4v) is 4.94. The van der Waals surface area contributed by atoms with Crippen LogP contribution in [0.3, 0.4) is 0 Å². The summed E-state index contributed by atoms with van der Waals surface area (Å²) in [5, 5.41) is 6.08. The molecule has 3 aromatic heterocycles. The van der Waals surface area contributed by atoms with E-state index in [1.807, 2.05) is 26.8 Å². The van der Waals surface area contributed by atoms with E-state index in [9.17, 15) is 0 Å². The maximum Gasteiger partial charge on any atom is 0.142 e. The first-order valence-electron chi connectivity index (χ1n) is 11.1. The van der Waals surface area contributed by atoms with Crippen LogP contribution >= 0.6 is 0 Å². The predicted molar refractivity (Wildman–Crippen MR) is 127 cm³/mol. The van der Waals surface area contributed by atoms with Crippen molar-refractivity contribution in [3.63, 3.8) is 0 Å². The summed E-state index contributed by atoms with van der Waals surface area (Å²) in [7, 11) is 1.68. The van der Waals surface area contributed by atoms with Crippen LogP contribution in [-0.4, -0.2) is 33.8 Å².